The lowest BCUT2D eigenvalue weighted by atomic mass is 9.94. The van der Waals surface area contributed by atoms with Crippen LogP contribution < -0.4 is 5.32 Å². The number of esters is 2. The number of hydrogen-bond donors (Lipinski definition) is 2. The van der Waals surface area contributed by atoms with Gasteiger partial charge >= 0.3 is 17.9 Å². The second-order valence-electron chi connectivity index (χ2n) is 7.18. The third-order valence-electron chi connectivity index (χ3n) is 5.05. The first-order valence-corrected chi connectivity index (χ1v) is 10.5. The highest BCUT2D eigenvalue weighted by Gasteiger charge is 2.38. The normalized spacial score (nSPS) is 12.7. The number of pyridine rings is 1. The van der Waals surface area contributed by atoms with Crippen LogP contribution in [0.5, 0.6) is 0 Å². The van der Waals surface area contributed by atoms with E-state index in [4.69, 9.17) is 9.47 Å². The first-order chi connectivity index (χ1) is 15.9. The van der Waals surface area contributed by atoms with E-state index in [9.17, 15) is 24.3 Å². The Labute approximate surface area is 189 Å². The topological polar surface area (TPSA) is 132 Å². The van der Waals surface area contributed by atoms with Crippen LogP contribution in [0.15, 0.2) is 48.5 Å². The Morgan fingerprint density at radius 2 is 1.45 bits per heavy atom. The number of ether oxygens (including phenoxy) is 2. The van der Waals surface area contributed by atoms with Crippen molar-refractivity contribution in [1.29, 1.82) is 0 Å². The first-order valence-electron chi connectivity index (χ1n) is 10.5. The molecule has 3 rings (SSSR count). The van der Waals surface area contributed by atoms with Gasteiger partial charge in [-0.25, -0.2) is 9.78 Å². The van der Waals surface area contributed by atoms with E-state index in [0.717, 1.165) is 0 Å². The van der Waals surface area contributed by atoms with Crippen molar-refractivity contribution in [1.82, 2.24) is 10.3 Å². The number of nitrogens with one attached hydrogen (secondary N) is 1. The second kappa shape index (κ2) is 10.5. The molecule has 1 amide bonds. The molecule has 1 aromatic heterocycles. The summed E-state index contributed by atoms with van der Waals surface area (Å²) >= 11 is 0. The van der Waals surface area contributed by atoms with Crippen molar-refractivity contribution in [3.05, 3.63) is 54.1 Å². The van der Waals surface area contributed by atoms with E-state index in [1.54, 1.807) is 62.4 Å². The largest absolute Gasteiger partial charge is 0.480 e. The number of para-hydroxylation sites is 2. The van der Waals surface area contributed by atoms with Gasteiger partial charge < -0.3 is 19.9 Å². The number of hydrogen-bond acceptors (Lipinski definition) is 7. The van der Waals surface area contributed by atoms with Crippen LogP contribution >= 0.6 is 0 Å². The van der Waals surface area contributed by atoms with E-state index >= 15 is 0 Å². The van der Waals surface area contributed by atoms with Gasteiger partial charge in [-0.2, -0.15) is 0 Å². The number of carboxylic acid groups (broad SMARTS) is 1. The van der Waals surface area contributed by atoms with Crippen LogP contribution in [0.1, 0.15) is 30.6 Å². The number of fused-ring (bicyclic) bond motifs is 2. The number of carboxylic acids is 1. The molecule has 0 aliphatic carbocycles. The van der Waals surface area contributed by atoms with E-state index < -0.39 is 42.2 Å². The van der Waals surface area contributed by atoms with Crippen molar-refractivity contribution in [2.45, 2.75) is 26.3 Å². The fourth-order valence-corrected chi connectivity index (χ4v) is 3.62. The Kier molecular flexibility index (Phi) is 7.55. The summed E-state index contributed by atoms with van der Waals surface area (Å²) < 4.78 is 9.85. The summed E-state index contributed by atoms with van der Waals surface area (Å²) in [5.74, 6) is -5.34. The molecule has 9 nitrogen and oxygen atoms in total. The van der Waals surface area contributed by atoms with Crippen LogP contribution in [0, 0.1) is 5.92 Å². The maximum Gasteiger partial charge on any atom is 0.327 e. The number of rotatable bonds is 9. The minimum absolute atomic E-state index is 0.0158. The molecule has 172 valence electrons. The van der Waals surface area contributed by atoms with E-state index in [1.165, 1.54) is 0 Å². The summed E-state index contributed by atoms with van der Waals surface area (Å²) in [6.45, 7) is 3.20. The lowest BCUT2D eigenvalue weighted by Crippen LogP contribution is -2.49. The van der Waals surface area contributed by atoms with Gasteiger partial charge in [-0.15, -0.1) is 0 Å². The molecule has 0 fully saturated rings. The average Bonchev–Trinajstić information content (AvgIpc) is 2.79. The van der Waals surface area contributed by atoms with Crippen LogP contribution in [-0.4, -0.2) is 53.2 Å². The summed E-state index contributed by atoms with van der Waals surface area (Å²) in [7, 11) is 0. The van der Waals surface area contributed by atoms with E-state index in [0.29, 0.717) is 21.8 Å². The fourth-order valence-electron chi connectivity index (χ4n) is 3.62. The van der Waals surface area contributed by atoms with Crippen LogP contribution in [-0.2, 0) is 23.9 Å². The van der Waals surface area contributed by atoms with Gasteiger partial charge in [0.25, 0.3) is 5.91 Å². The van der Waals surface area contributed by atoms with Crippen LogP contribution in [0.4, 0.5) is 0 Å². The lowest BCUT2D eigenvalue weighted by molar-refractivity contribution is -0.159. The number of carbonyl (C=O) groups excluding carboxylic acids is 3. The smallest absolute Gasteiger partial charge is 0.327 e. The van der Waals surface area contributed by atoms with Gasteiger partial charge in [0.05, 0.1) is 42.1 Å². The van der Waals surface area contributed by atoms with Crippen molar-refractivity contribution in [2.24, 2.45) is 5.92 Å². The SMILES string of the molecule is CCOC(=O)C[C@H](C(=O)OCC)[C@H](NC(=O)c1c2ccccc2nc2ccccc12)C(=O)O. The highest BCUT2D eigenvalue weighted by atomic mass is 16.5. The van der Waals surface area contributed by atoms with Gasteiger partial charge in [0.1, 0.15) is 6.04 Å². The molecule has 0 aliphatic heterocycles. The number of aromatic nitrogens is 1. The molecular weight excluding hydrogens is 428 g/mol. The summed E-state index contributed by atoms with van der Waals surface area (Å²) in [6.07, 6.45) is -0.554. The highest BCUT2D eigenvalue weighted by Crippen LogP contribution is 2.26. The van der Waals surface area contributed by atoms with Crippen molar-refractivity contribution in [3.63, 3.8) is 0 Å². The van der Waals surface area contributed by atoms with Crippen LogP contribution in [0.25, 0.3) is 21.8 Å². The zero-order valence-electron chi connectivity index (χ0n) is 18.2. The number of carbonyl (C=O) groups is 4. The maximum atomic E-state index is 13.4. The third-order valence-corrected chi connectivity index (χ3v) is 5.05. The molecule has 33 heavy (non-hydrogen) atoms. The highest BCUT2D eigenvalue weighted by molar-refractivity contribution is 6.16. The van der Waals surface area contributed by atoms with Crippen molar-refractivity contribution in [2.75, 3.05) is 13.2 Å². The predicted molar refractivity (Wildman–Crippen MR) is 120 cm³/mol. The van der Waals surface area contributed by atoms with Gasteiger partial charge in [-0.3, -0.25) is 14.4 Å². The third kappa shape index (κ3) is 5.25. The average molecular weight is 452 g/mol. The lowest BCUT2D eigenvalue weighted by Gasteiger charge is -2.23. The predicted octanol–water partition coefficient (Wildman–Crippen LogP) is 2.70. The molecule has 0 unspecified atom stereocenters. The molecule has 2 aromatic carbocycles. The van der Waals surface area contributed by atoms with Gasteiger partial charge in [-0.05, 0) is 26.0 Å². The molecule has 0 spiro atoms. The fraction of sp³-hybridized carbons (Fsp3) is 0.292. The monoisotopic (exact) mass is 452 g/mol. The Morgan fingerprint density at radius 1 is 0.909 bits per heavy atom. The van der Waals surface area contributed by atoms with E-state index in [1.807, 2.05) is 0 Å². The Balaban J connectivity index is 2.04. The zero-order chi connectivity index (χ0) is 24.0. The summed E-state index contributed by atoms with van der Waals surface area (Å²) in [5.41, 5.74) is 1.34. The minimum Gasteiger partial charge on any atom is -0.480 e. The Morgan fingerprint density at radius 3 is 1.97 bits per heavy atom. The molecule has 0 radical (unpaired) electrons. The molecule has 0 saturated heterocycles. The molecular formula is C24H24N2O7. The van der Waals surface area contributed by atoms with Gasteiger partial charge in [0.2, 0.25) is 0 Å². The van der Waals surface area contributed by atoms with Crippen molar-refractivity contribution < 1.29 is 33.8 Å². The molecule has 0 bridgehead atoms. The number of benzene rings is 2. The quantitative estimate of drug-likeness (QED) is 0.374. The summed E-state index contributed by atoms with van der Waals surface area (Å²) in [6, 6.07) is 12.2. The van der Waals surface area contributed by atoms with Crippen molar-refractivity contribution in [3.8, 4) is 0 Å². The summed E-state index contributed by atoms with van der Waals surface area (Å²) in [4.78, 5) is 54.6. The number of nitrogens with zero attached hydrogens (tertiary/aromatic N) is 1. The molecule has 0 aliphatic rings. The number of aliphatic carboxylic acids is 1. The zero-order valence-corrected chi connectivity index (χ0v) is 18.2. The second-order valence-corrected chi connectivity index (χ2v) is 7.18. The molecule has 2 N–H and O–H groups in total. The molecule has 1 heterocycles. The van der Waals surface area contributed by atoms with E-state index in [-0.39, 0.29) is 18.8 Å². The molecule has 2 atom stereocenters. The van der Waals surface area contributed by atoms with Gasteiger partial charge in [0.15, 0.2) is 0 Å². The Bertz CT molecular complexity index is 1150. The molecule has 0 saturated carbocycles. The van der Waals surface area contributed by atoms with Crippen LogP contribution in [0.2, 0.25) is 0 Å². The van der Waals surface area contributed by atoms with Gasteiger partial charge in [-0.1, -0.05) is 36.4 Å². The first kappa shape index (κ1) is 23.6. The van der Waals surface area contributed by atoms with E-state index in [2.05, 4.69) is 10.3 Å². The van der Waals surface area contributed by atoms with Crippen LogP contribution in [0.3, 0.4) is 0 Å². The molecule has 3 aromatic rings. The van der Waals surface area contributed by atoms with Gasteiger partial charge in [0, 0.05) is 10.8 Å². The standard InChI is InChI=1S/C24H24N2O7/c1-3-32-19(27)13-16(24(31)33-4-2)21(23(29)30)26-22(28)20-14-9-5-7-11-17(14)25-18-12-8-6-10-15(18)20/h5-12,16,21H,3-4,13H2,1-2H3,(H,26,28)(H,29,30)/t16-,21-/m0/s1. The number of amides is 1. The maximum absolute atomic E-state index is 13.4. The molecule has 9 heteroatoms. The Hall–Kier alpha value is -4.01. The minimum atomic E-state index is -1.72. The van der Waals surface area contributed by atoms with Crippen molar-refractivity contribution >= 4 is 45.6 Å². The summed E-state index contributed by atoms with van der Waals surface area (Å²) in [5, 5.41) is 13.3.